The molecule has 9 nitrogen and oxygen atoms in total. The normalized spacial score (nSPS) is 13.8. The number of rotatable bonds is 45. The van der Waals surface area contributed by atoms with Crippen molar-refractivity contribution in [1.29, 1.82) is 0 Å². The van der Waals surface area contributed by atoms with Crippen molar-refractivity contribution >= 4 is 19.8 Å². The molecule has 10 heteroatoms. The molecule has 2 atom stereocenters. The summed E-state index contributed by atoms with van der Waals surface area (Å²) in [5.41, 5.74) is 5.36. The Bertz CT molecular complexity index is 1230. The summed E-state index contributed by atoms with van der Waals surface area (Å²) in [5.74, 6) is -0.847. The third kappa shape index (κ3) is 46.8. The van der Waals surface area contributed by atoms with Crippen LogP contribution in [0.4, 0.5) is 0 Å². The van der Waals surface area contributed by atoms with Crippen molar-refractivity contribution in [3.05, 3.63) is 72.9 Å². The smallest absolute Gasteiger partial charge is 0.462 e. The number of phosphoric ester groups is 1. The first-order chi connectivity index (χ1) is 29.8. The second kappa shape index (κ2) is 46.9. The van der Waals surface area contributed by atoms with Crippen molar-refractivity contribution in [1.82, 2.24) is 0 Å². The fourth-order valence-electron chi connectivity index (χ4n) is 6.49. The van der Waals surface area contributed by atoms with Gasteiger partial charge in [0.1, 0.15) is 6.61 Å². The van der Waals surface area contributed by atoms with Gasteiger partial charge in [-0.25, -0.2) is 4.57 Å². The lowest BCUT2D eigenvalue weighted by atomic mass is 10.0. The average Bonchev–Trinajstić information content (AvgIpc) is 3.25. The van der Waals surface area contributed by atoms with E-state index in [1.807, 2.05) is 0 Å². The predicted molar refractivity (Wildman–Crippen MR) is 256 cm³/mol. The van der Waals surface area contributed by atoms with Gasteiger partial charge < -0.3 is 20.1 Å². The van der Waals surface area contributed by atoms with Gasteiger partial charge in [0.2, 0.25) is 0 Å². The number of allylic oxidation sites excluding steroid dienone is 12. The number of phosphoric acid groups is 1. The molecule has 0 spiro atoms. The lowest BCUT2D eigenvalue weighted by molar-refractivity contribution is -0.161. The largest absolute Gasteiger partial charge is 0.472 e. The second-order valence-electron chi connectivity index (χ2n) is 15.9. The summed E-state index contributed by atoms with van der Waals surface area (Å²) in [7, 11) is -4.39. The third-order valence-electron chi connectivity index (χ3n) is 10.1. The standard InChI is InChI=1S/C51H90NO8P/c1-3-5-7-9-11-13-15-17-18-19-20-21-22-23-24-25-26-27-28-29-30-32-34-36-38-40-42-44-51(54)60-49(48-59-61(55,56)58-46-45-52)47-57-50(53)43-41-39-37-35-33-31-16-14-12-10-8-6-4-2/h5,7-8,10-11,13-14,16-18,20-21,49H,3-4,6,9,12,15,19,22-48,52H2,1-2H3,(H,55,56)/b7-5-,10-8-,13-11-,16-14-,18-17-,21-20-. The zero-order valence-corrected chi connectivity index (χ0v) is 39.8. The van der Waals surface area contributed by atoms with E-state index in [4.69, 9.17) is 24.3 Å². The van der Waals surface area contributed by atoms with Gasteiger partial charge in [0.25, 0.3) is 0 Å². The van der Waals surface area contributed by atoms with Crippen molar-refractivity contribution in [3.8, 4) is 0 Å². The SMILES string of the molecule is CC/C=C\C/C=C\C/C=C\C/C=C\CCCCCCCCCCCCCCCCC(=O)OC(COC(=O)CCCCCCC/C=C\C/C=C\CCC)COP(=O)(O)OCCN. The molecule has 0 radical (unpaired) electrons. The van der Waals surface area contributed by atoms with Crippen LogP contribution >= 0.6 is 7.82 Å². The first-order valence-electron chi connectivity index (χ1n) is 24.4. The van der Waals surface area contributed by atoms with E-state index < -0.39 is 32.5 Å². The summed E-state index contributed by atoms with van der Waals surface area (Å²) in [4.78, 5) is 34.9. The topological polar surface area (TPSA) is 134 Å². The van der Waals surface area contributed by atoms with Gasteiger partial charge in [-0.2, -0.15) is 0 Å². The van der Waals surface area contributed by atoms with Gasteiger partial charge in [0.05, 0.1) is 13.2 Å². The number of carbonyl (C=O) groups excluding carboxylic acids is 2. The molecule has 0 saturated carbocycles. The van der Waals surface area contributed by atoms with E-state index in [0.29, 0.717) is 12.8 Å². The van der Waals surface area contributed by atoms with E-state index in [-0.39, 0.29) is 32.6 Å². The molecule has 0 aromatic heterocycles. The Kier molecular flexibility index (Phi) is 45.0. The summed E-state index contributed by atoms with van der Waals surface area (Å²) in [6.07, 6.45) is 58.0. The van der Waals surface area contributed by atoms with E-state index in [1.54, 1.807) is 0 Å². The molecule has 0 aliphatic carbocycles. The van der Waals surface area contributed by atoms with Crippen molar-refractivity contribution in [2.45, 2.75) is 213 Å². The molecule has 0 heterocycles. The first-order valence-corrected chi connectivity index (χ1v) is 25.9. The van der Waals surface area contributed by atoms with E-state index in [9.17, 15) is 19.0 Å². The molecule has 352 valence electrons. The monoisotopic (exact) mass is 876 g/mol. The fraction of sp³-hybridized carbons (Fsp3) is 0.725. The van der Waals surface area contributed by atoms with Gasteiger partial charge >= 0.3 is 19.8 Å². The highest BCUT2D eigenvalue weighted by Crippen LogP contribution is 2.43. The molecule has 0 aliphatic heterocycles. The van der Waals surface area contributed by atoms with Crippen LogP contribution in [-0.2, 0) is 32.7 Å². The molecule has 0 aromatic carbocycles. The summed E-state index contributed by atoms with van der Waals surface area (Å²) < 4.78 is 32.8. The van der Waals surface area contributed by atoms with E-state index in [1.165, 1.54) is 77.0 Å². The van der Waals surface area contributed by atoms with Crippen LogP contribution in [0.3, 0.4) is 0 Å². The van der Waals surface area contributed by atoms with Gasteiger partial charge in [0.15, 0.2) is 6.10 Å². The molecule has 0 aliphatic rings. The van der Waals surface area contributed by atoms with Gasteiger partial charge in [-0.3, -0.25) is 18.6 Å². The number of hydrogen-bond donors (Lipinski definition) is 2. The van der Waals surface area contributed by atoms with Crippen LogP contribution in [0, 0.1) is 0 Å². The average molecular weight is 876 g/mol. The molecule has 3 N–H and O–H groups in total. The Morgan fingerprint density at radius 1 is 0.508 bits per heavy atom. The third-order valence-corrected chi connectivity index (χ3v) is 11.0. The van der Waals surface area contributed by atoms with E-state index in [2.05, 4.69) is 86.8 Å². The van der Waals surface area contributed by atoms with Crippen molar-refractivity contribution in [2.24, 2.45) is 5.73 Å². The molecule has 0 bridgehead atoms. The van der Waals surface area contributed by atoms with Gasteiger partial charge in [-0.15, -0.1) is 0 Å². The lowest BCUT2D eigenvalue weighted by Gasteiger charge is -2.19. The highest BCUT2D eigenvalue weighted by Gasteiger charge is 2.26. The Morgan fingerprint density at radius 2 is 0.902 bits per heavy atom. The fourth-order valence-corrected chi connectivity index (χ4v) is 7.25. The number of esters is 2. The maximum atomic E-state index is 12.6. The van der Waals surface area contributed by atoms with Crippen LogP contribution in [0.15, 0.2) is 72.9 Å². The number of ether oxygens (including phenoxy) is 2. The first kappa shape index (κ1) is 58.5. The highest BCUT2D eigenvalue weighted by molar-refractivity contribution is 7.47. The Morgan fingerprint density at radius 3 is 1.34 bits per heavy atom. The van der Waals surface area contributed by atoms with Gasteiger partial charge in [-0.05, 0) is 77.0 Å². The molecule has 2 unspecified atom stereocenters. The van der Waals surface area contributed by atoms with Crippen molar-refractivity contribution < 1.29 is 37.6 Å². The summed E-state index contributed by atoms with van der Waals surface area (Å²) >= 11 is 0. The van der Waals surface area contributed by atoms with Crippen molar-refractivity contribution in [3.63, 3.8) is 0 Å². The number of hydrogen-bond acceptors (Lipinski definition) is 8. The lowest BCUT2D eigenvalue weighted by Crippen LogP contribution is -2.29. The quantitative estimate of drug-likeness (QED) is 0.0265. The zero-order valence-electron chi connectivity index (χ0n) is 38.9. The second-order valence-corrected chi connectivity index (χ2v) is 17.4. The molecule has 0 amide bonds. The van der Waals surface area contributed by atoms with Gasteiger partial charge in [0, 0.05) is 19.4 Å². The van der Waals surface area contributed by atoms with Crippen LogP contribution < -0.4 is 5.73 Å². The van der Waals surface area contributed by atoms with E-state index >= 15 is 0 Å². The summed E-state index contributed by atoms with van der Waals surface area (Å²) in [6, 6.07) is 0. The Hall–Kier alpha value is -2.55. The highest BCUT2D eigenvalue weighted by atomic mass is 31.2. The molecule has 0 rings (SSSR count). The van der Waals surface area contributed by atoms with Crippen molar-refractivity contribution in [2.75, 3.05) is 26.4 Å². The number of carbonyl (C=O) groups is 2. The molecular weight excluding hydrogens is 786 g/mol. The molecule has 0 fully saturated rings. The van der Waals surface area contributed by atoms with E-state index in [0.717, 1.165) is 89.9 Å². The minimum absolute atomic E-state index is 0.0489. The minimum atomic E-state index is -4.39. The number of unbranched alkanes of at least 4 members (excludes halogenated alkanes) is 20. The Labute approximate surface area is 373 Å². The molecule has 0 saturated heterocycles. The molecule has 61 heavy (non-hydrogen) atoms. The van der Waals surface area contributed by atoms with Crippen LogP contribution in [0.25, 0.3) is 0 Å². The van der Waals surface area contributed by atoms with Crippen LogP contribution in [0.5, 0.6) is 0 Å². The minimum Gasteiger partial charge on any atom is -0.462 e. The molecule has 0 aromatic rings. The van der Waals surface area contributed by atoms with Gasteiger partial charge in [-0.1, -0.05) is 189 Å². The molecular formula is C51H90NO8P. The zero-order chi connectivity index (χ0) is 44.6. The summed E-state index contributed by atoms with van der Waals surface area (Å²) in [5, 5.41) is 0. The predicted octanol–water partition coefficient (Wildman–Crippen LogP) is 14.6. The Balaban J connectivity index is 4.01. The maximum Gasteiger partial charge on any atom is 0.472 e. The van der Waals surface area contributed by atoms with Crippen LogP contribution in [-0.4, -0.2) is 49.3 Å². The summed E-state index contributed by atoms with van der Waals surface area (Å²) in [6.45, 7) is 3.54. The maximum absolute atomic E-state index is 12.6. The van der Waals surface area contributed by atoms with Crippen LogP contribution in [0.1, 0.15) is 206 Å². The number of nitrogens with two attached hydrogens (primary N) is 1. The van der Waals surface area contributed by atoms with Crippen LogP contribution in [0.2, 0.25) is 0 Å².